The number of aliphatic hydroxyl groups is 1. The lowest BCUT2D eigenvalue weighted by Crippen LogP contribution is -2.57. The van der Waals surface area contributed by atoms with Gasteiger partial charge in [0.15, 0.2) is 5.79 Å². The van der Waals surface area contributed by atoms with E-state index in [0.717, 1.165) is 32.1 Å². The standard InChI is InChI=1S/C32H45NO7/c1-6-27-21(4)12-13-31(40-27)17-25-16-24(39-31)11-10-20(3)14-19(2)8-7-9-23-18-37-29-28(33-36)22(5)15-26(30(34)38-25)32(23,29)35/h7-10,15,19,21,24-27,29,35-36H,6,11-14,16-18H2,1-5H3/b8-7+,20-10?,23-9?,33-28?. The van der Waals surface area contributed by atoms with E-state index < -0.39 is 35.5 Å². The van der Waals surface area contributed by atoms with E-state index in [1.807, 2.05) is 12.2 Å². The van der Waals surface area contributed by atoms with Gasteiger partial charge >= 0.3 is 5.97 Å². The molecule has 0 aromatic heterocycles. The molecule has 3 saturated heterocycles. The topological polar surface area (TPSA) is 107 Å². The Morgan fingerprint density at radius 2 is 1.98 bits per heavy atom. The predicted octanol–water partition coefficient (Wildman–Crippen LogP) is 5.39. The Kier molecular flexibility index (Phi) is 8.44. The Hall–Kier alpha value is -2.26. The smallest absolute Gasteiger partial charge is 0.316 e. The molecule has 0 aromatic rings. The maximum atomic E-state index is 13.9. The number of nitrogens with zero attached hydrogens (tertiary/aromatic N) is 1. The maximum Gasteiger partial charge on any atom is 0.316 e. The third-order valence-electron chi connectivity index (χ3n) is 9.45. The fourth-order valence-corrected chi connectivity index (χ4v) is 7.22. The summed E-state index contributed by atoms with van der Waals surface area (Å²) in [5, 5.41) is 25.3. The number of oxime groups is 1. The SMILES string of the molecule is CCC1OC2(CCC1C)CC1CC(CC=C(C)CC(C)/C=C/C=C3COC4C(=NO)C(C)=CC(C(=O)O1)C34O)O2. The summed E-state index contributed by atoms with van der Waals surface area (Å²) in [6.45, 7) is 10.5. The molecule has 9 atom stereocenters. The van der Waals surface area contributed by atoms with Crippen molar-refractivity contribution < 1.29 is 34.1 Å². The van der Waals surface area contributed by atoms with Crippen molar-refractivity contribution in [1.82, 2.24) is 0 Å². The van der Waals surface area contributed by atoms with Gasteiger partial charge in [0.25, 0.3) is 0 Å². The fraction of sp³-hybridized carbons (Fsp3) is 0.688. The minimum Gasteiger partial charge on any atom is -0.462 e. The molecule has 0 amide bonds. The lowest BCUT2D eigenvalue weighted by atomic mass is 9.71. The molecule has 5 rings (SSSR count). The molecule has 2 N–H and O–H groups in total. The van der Waals surface area contributed by atoms with Crippen LogP contribution >= 0.6 is 0 Å². The van der Waals surface area contributed by atoms with E-state index in [4.69, 9.17) is 18.9 Å². The van der Waals surface area contributed by atoms with Crippen LogP contribution < -0.4 is 0 Å². The fourth-order valence-electron chi connectivity index (χ4n) is 7.22. The van der Waals surface area contributed by atoms with E-state index in [1.165, 1.54) is 5.57 Å². The molecule has 220 valence electrons. The zero-order chi connectivity index (χ0) is 28.7. The molecule has 0 saturated carbocycles. The van der Waals surface area contributed by atoms with Gasteiger partial charge in [-0.05, 0) is 62.5 Å². The number of carbonyl (C=O) groups is 1. The van der Waals surface area contributed by atoms with Gasteiger partial charge in [-0.25, -0.2) is 0 Å². The van der Waals surface area contributed by atoms with Crippen LogP contribution in [0.4, 0.5) is 0 Å². The summed E-state index contributed by atoms with van der Waals surface area (Å²) >= 11 is 0. The zero-order valence-corrected chi connectivity index (χ0v) is 24.5. The molecule has 4 heterocycles. The van der Waals surface area contributed by atoms with Gasteiger partial charge in [-0.15, -0.1) is 0 Å². The number of hydrogen-bond donors (Lipinski definition) is 2. The third-order valence-corrected chi connectivity index (χ3v) is 9.45. The van der Waals surface area contributed by atoms with Gasteiger partial charge in [0, 0.05) is 19.3 Å². The molecule has 40 heavy (non-hydrogen) atoms. The molecule has 4 aliphatic heterocycles. The quantitative estimate of drug-likeness (QED) is 0.193. The number of carbonyl (C=O) groups excluding carboxylic acids is 1. The van der Waals surface area contributed by atoms with Gasteiger partial charge < -0.3 is 29.3 Å². The molecule has 8 nitrogen and oxygen atoms in total. The van der Waals surface area contributed by atoms with Crippen molar-refractivity contribution in [2.45, 2.75) is 115 Å². The predicted molar refractivity (Wildman–Crippen MR) is 151 cm³/mol. The molecule has 8 heteroatoms. The minimum atomic E-state index is -1.72. The highest BCUT2D eigenvalue weighted by molar-refractivity contribution is 6.06. The number of hydrogen-bond acceptors (Lipinski definition) is 8. The molecule has 2 bridgehead atoms. The van der Waals surface area contributed by atoms with E-state index in [0.29, 0.717) is 29.9 Å². The summed E-state index contributed by atoms with van der Waals surface area (Å²) in [6.07, 6.45) is 13.6. The van der Waals surface area contributed by atoms with Crippen molar-refractivity contribution in [3.05, 3.63) is 47.1 Å². The first kappa shape index (κ1) is 29.2. The summed E-state index contributed by atoms with van der Waals surface area (Å²) in [5.41, 5.74) is 0.922. The first-order chi connectivity index (χ1) is 19.1. The maximum absolute atomic E-state index is 13.9. The van der Waals surface area contributed by atoms with Crippen LogP contribution in [0.1, 0.15) is 79.6 Å². The Morgan fingerprint density at radius 1 is 1.18 bits per heavy atom. The monoisotopic (exact) mass is 555 g/mol. The Bertz CT molecular complexity index is 1140. The molecule has 0 radical (unpaired) electrons. The molecular formula is C32H45NO7. The second kappa shape index (κ2) is 11.6. The second-order valence-electron chi connectivity index (χ2n) is 12.6. The average Bonchev–Trinajstić information content (AvgIpc) is 3.24. The molecule has 1 aliphatic carbocycles. The van der Waals surface area contributed by atoms with Gasteiger partial charge in [0.05, 0.1) is 18.8 Å². The summed E-state index contributed by atoms with van der Waals surface area (Å²) < 4.78 is 25.5. The van der Waals surface area contributed by atoms with Crippen LogP contribution in [0.3, 0.4) is 0 Å². The Balaban J connectivity index is 1.53. The Morgan fingerprint density at radius 3 is 2.73 bits per heavy atom. The summed E-state index contributed by atoms with van der Waals surface area (Å²) in [4.78, 5) is 13.9. The number of rotatable bonds is 1. The minimum absolute atomic E-state index is 0.0940. The average molecular weight is 556 g/mol. The highest BCUT2D eigenvalue weighted by Crippen LogP contribution is 2.46. The van der Waals surface area contributed by atoms with Crippen LogP contribution in [-0.2, 0) is 23.7 Å². The van der Waals surface area contributed by atoms with Gasteiger partial charge in [0.1, 0.15) is 29.4 Å². The molecule has 3 fully saturated rings. The van der Waals surface area contributed by atoms with Gasteiger partial charge in [-0.1, -0.05) is 61.9 Å². The van der Waals surface area contributed by atoms with Crippen molar-refractivity contribution >= 4 is 11.7 Å². The number of fused-ring (bicyclic) bond motifs is 2. The normalized spacial score (nSPS) is 44.4. The summed E-state index contributed by atoms with van der Waals surface area (Å²) in [7, 11) is 0. The van der Waals surface area contributed by atoms with Crippen LogP contribution in [0.5, 0.6) is 0 Å². The largest absolute Gasteiger partial charge is 0.462 e. The number of allylic oxidation sites excluding steroid dienone is 4. The van der Waals surface area contributed by atoms with Crippen molar-refractivity contribution in [2.75, 3.05) is 6.61 Å². The van der Waals surface area contributed by atoms with E-state index in [9.17, 15) is 15.1 Å². The highest BCUT2D eigenvalue weighted by Gasteiger charge is 2.59. The molecular weight excluding hydrogens is 510 g/mol. The van der Waals surface area contributed by atoms with Crippen molar-refractivity contribution in [2.24, 2.45) is 22.9 Å². The van der Waals surface area contributed by atoms with Crippen molar-refractivity contribution in [3.63, 3.8) is 0 Å². The Labute approximate surface area is 237 Å². The van der Waals surface area contributed by atoms with Crippen LogP contribution in [0.2, 0.25) is 0 Å². The summed E-state index contributed by atoms with van der Waals surface area (Å²) in [6, 6.07) is 0. The van der Waals surface area contributed by atoms with E-state index in [-0.39, 0.29) is 30.4 Å². The highest BCUT2D eigenvalue weighted by atomic mass is 16.7. The van der Waals surface area contributed by atoms with Gasteiger partial charge in [-0.2, -0.15) is 0 Å². The van der Waals surface area contributed by atoms with Gasteiger partial charge in [0.2, 0.25) is 0 Å². The first-order valence-electron chi connectivity index (χ1n) is 14.9. The molecule has 0 aromatic carbocycles. The lowest BCUT2D eigenvalue weighted by Gasteiger charge is -2.49. The van der Waals surface area contributed by atoms with Crippen LogP contribution in [0, 0.1) is 17.8 Å². The third kappa shape index (κ3) is 5.48. The van der Waals surface area contributed by atoms with E-state index in [1.54, 1.807) is 13.0 Å². The molecule has 5 aliphatic rings. The van der Waals surface area contributed by atoms with Crippen LogP contribution in [0.25, 0.3) is 0 Å². The second-order valence-corrected chi connectivity index (χ2v) is 12.6. The first-order valence-corrected chi connectivity index (χ1v) is 14.9. The molecule has 1 spiro atoms. The van der Waals surface area contributed by atoms with Crippen molar-refractivity contribution in [1.29, 1.82) is 0 Å². The van der Waals surface area contributed by atoms with E-state index >= 15 is 0 Å². The lowest BCUT2D eigenvalue weighted by molar-refractivity contribution is -0.335. The van der Waals surface area contributed by atoms with E-state index in [2.05, 4.69) is 45.0 Å². The number of esters is 1. The number of ether oxygens (including phenoxy) is 4. The van der Waals surface area contributed by atoms with Crippen LogP contribution in [0.15, 0.2) is 52.3 Å². The summed E-state index contributed by atoms with van der Waals surface area (Å²) in [5.74, 6) is -1.60. The van der Waals surface area contributed by atoms with Crippen molar-refractivity contribution in [3.8, 4) is 0 Å². The zero-order valence-electron chi connectivity index (χ0n) is 24.5. The van der Waals surface area contributed by atoms with Gasteiger partial charge in [-0.3, -0.25) is 4.79 Å². The van der Waals surface area contributed by atoms with Crippen LogP contribution in [-0.4, -0.2) is 64.4 Å². The molecule has 9 unspecified atom stereocenters.